The minimum absolute atomic E-state index is 0.0110. The zero-order valence-corrected chi connectivity index (χ0v) is 26.9. The quantitative estimate of drug-likeness (QED) is 0.244. The highest BCUT2D eigenvalue weighted by Gasteiger charge is 2.47. The Bertz CT molecular complexity index is 1810. The van der Waals surface area contributed by atoms with Crippen LogP contribution < -0.4 is 9.64 Å². The molecule has 242 valence electrons. The molecular weight excluding hydrogens is 588 g/mol. The number of hydrogen-bond donors (Lipinski definition) is 1. The van der Waals surface area contributed by atoms with Gasteiger partial charge < -0.3 is 24.4 Å². The highest BCUT2D eigenvalue weighted by Crippen LogP contribution is 2.47. The molecule has 7 rings (SSSR count). The van der Waals surface area contributed by atoms with Crippen molar-refractivity contribution in [2.45, 2.75) is 65.0 Å². The van der Waals surface area contributed by atoms with Crippen molar-refractivity contribution in [3.63, 3.8) is 0 Å². The number of anilines is 1. The van der Waals surface area contributed by atoms with Crippen molar-refractivity contribution in [3.8, 4) is 35.4 Å². The number of ether oxygens (including phenoxy) is 2. The minimum atomic E-state index is -0.731. The van der Waals surface area contributed by atoms with Gasteiger partial charge in [0.1, 0.15) is 28.6 Å². The van der Waals surface area contributed by atoms with Crippen molar-refractivity contribution in [1.29, 1.82) is 0 Å². The van der Waals surface area contributed by atoms with Crippen LogP contribution in [0, 0.1) is 29.4 Å². The third-order valence-electron chi connectivity index (χ3n) is 9.70. The maximum absolute atomic E-state index is 16.7. The molecule has 1 saturated carbocycles. The molecule has 10 heteroatoms. The molecule has 3 aliphatic rings. The van der Waals surface area contributed by atoms with E-state index in [1.165, 1.54) is 30.5 Å². The number of fused-ring (bicyclic) bond motifs is 3. The molecule has 2 aliphatic heterocycles. The fourth-order valence-corrected chi connectivity index (χ4v) is 7.66. The van der Waals surface area contributed by atoms with Crippen molar-refractivity contribution >= 4 is 27.5 Å². The van der Waals surface area contributed by atoms with Gasteiger partial charge in [0.2, 0.25) is 0 Å². The first-order valence-corrected chi connectivity index (χ1v) is 16.3. The molecule has 4 heterocycles. The van der Waals surface area contributed by atoms with Crippen LogP contribution in [0.1, 0.15) is 58.4 Å². The highest BCUT2D eigenvalue weighted by molar-refractivity contribution is 6.03. The van der Waals surface area contributed by atoms with Crippen LogP contribution in [0.5, 0.6) is 11.8 Å². The van der Waals surface area contributed by atoms with Crippen molar-refractivity contribution in [2.75, 3.05) is 44.8 Å². The lowest BCUT2D eigenvalue weighted by Gasteiger charge is -2.44. The lowest BCUT2D eigenvalue weighted by atomic mass is 9.76. The van der Waals surface area contributed by atoms with E-state index in [2.05, 4.69) is 27.8 Å². The number of phenols is 1. The maximum Gasteiger partial charge on any atom is 0.319 e. The number of terminal acetylenes is 1. The predicted molar refractivity (Wildman–Crippen MR) is 176 cm³/mol. The zero-order valence-electron chi connectivity index (χ0n) is 26.9. The van der Waals surface area contributed by atoms with Crippen LogP contribution in [-0.2, 0) is 4.74 Å². The predicted octanol–water partition coefficient (Wildman–Crippen LogP) is 6.70. The van der Waals surface area contributed by atoms with E-state index < -0.39 is 11.6 Å². The number of likely N-dealkylation sites (tertiary alicyclic amines) is 1. The summed E-state index contributed by atoms with van der Waals surface area (Å²) in [5.74, 6) is 1.43. The van der Waals surface area contributed by atoms with E-state index in [9.17, 15) is 9.50 Å². The Labute approximate surface area is 268 Å². The molecule has 8 nitrogen and oxygen atoms in total. The Morgan fingerprint density at radius 1 is 1.15 bits per heavy atom. The summed E-state index contributed by atoms with van der Waals surface area (Å²) in [5.41, 5.74) is 0.0842. The Hall–Kier alpha value is -4.07. The molecule has 0 radical (unpaired) electrons. The Morgan fingerprint density at radius 2 is 1.96 bits per heavy atom. The number of aromatic hydroxyl groups is 1. The van der Waals surface area contributed by atoms with E-state index in [1.807, 2.05) is 25.7 Å². The summed E-state index contributed by atoms with van der Waals surface area (Å²) in [6, 6.07) is 6.08. The molecule has 2 saturated heterocycles. The van der Waals surface area contributed by atoms with Gasteiger partial charge in [-0.1, -0.05) is 32.3 Å². The molecule has 0 bridgehead atoms. The van der Waals surface area contributed by atoms with Crippen LogP contribution in [0.15, 0.2) is 30.5 Å². The van der Waals surface area contributed by atoms with Crippen LogP contribution in [0.25, 0.3) is 32.9 Å². The Balaban J connectivity index is 0.00000182. The SMILES string of the molecule is C#Cc1c(F)ccc2cc(O)cc(-c3ncc4c(N5CCOC(C)C5)nc(OCC56CCCC5N(C)CCC6)nc4c3F)c12.CC. The maximum atomic E-state index is 16.7. The van der Waals surface area contributed by atoms with Gasteiger partial charge in [-0.25, -0.2) is 8.78 Å². The van der Waals surface area contributed by atoms with Crippen LogP contribution in [0.4, 0.5) is 14.6 Å². The average Bonchev–Trinajstić information content (AvgIpc) is 3.50. The van der Waals surface area contributed by atoms with Gasteiger partial charge >= 0.3 is 6.01 Å². The fraction of sp³-hybridized carbons (Fsp3) is 0.472. The average molecular weight is 630 g/mol. The molecule has 1 N–H and O–H groups in total. The van der Waals surface area contributed by atoms with Crippen molar-refractivity contribution < 1.29 is 23.4 Å². The van der Waals surface area contributed by atoms with Crippen LogP contribution in [0.3, 0.4) is 0 Å². The Kier molecular flexibility index (Phi) is 8.99. The smallest absolute Gasteiger partial charge is 0.319 e. The van der Waals surface area contributed by atoms with E-state index in [0.717, 1.165) is 38.6 Å². The van der Waals surface area contributed by atoms with Gasteiger partial charge in [-0.15, -0.1) is 6.42 Å². The molecule has 46 heavy (non-hydrogen) atoms. The van der Waals surface area contributed by atoms with E-state index in [-0.39, 0.29) is 51.0 Å². The van der Waals surface area contributed by atoms with E-state index in [4.69, 9.17) is 20.9 Å². The van der Waals surface area contributed by atoms with Gasteiger partial charge in [0.25, 0.3) is 0 Å². The summed E-state index contributed by atoms with van der Waals surface area (Å²) in [6.07, 6.45) is 12.7. The number of rotatable bonds is 5. The summed E-state index contributed by atoms with van der Waals surface area (Å²) < 4.78 is 43.7. The molecule has 4 aromatic rings. The van der Waals surface area contributed by atoms with Crippen molar-refractivity contribution in [3.05, 3.63) is 47.7 Å². The molecule has 3 atom stereocenters. The second kappa shape index (κ2) is 13.0. The summed E-state index contributed by atoms with van der Waals surface area (Å²) >= 11 is 0. The van der Waals surface area contributed by atoms with Crippen molar-refractivity contribution in [1.82, 2.24) is 19.9 Å². The van der Waals surface area contributed by atoms with E-state index in [0.29, 0.717) is 48.9 Å². The van der Waals surface area contributed by atoms with Gasteiger partial charge in [0.05, 0.1) is 30.3 Å². The van der Waals surface area contributed by atoms with Crippen LogP contribution in [-0.4, -0.2) is 77.0 Å². The van der Waals surface area contributed by atoms with Gasteiger partial charge in [0, 0.05) is 41.7 Å². The molecule has 2 aromatic heterocycles. The lowest BCUT2D eigenvalue weighted by Crippen LogP contribution is -2.50. The van der Waals surface area contributed by atoms with Crippen LogP contribution in [0.2, 0.25) is 0 Å². The first kappa shape index (κ1) is 31.9. The van der Waals surface area contributed by atoms with Gasteiger partial charge in [0.15, 0.2) is 5.82 Å². The summed E-state index contributed by atoms with van der Waals surface area (Å²) in [4.78, 5) is 18.4. The summed E-state index contributed by atoms with van der Waals surface area (Å²) in [7, 11) is 2.18. The molecular formula is C36H41F2N5O3. The van der Waals surface area contributed by atoms with Gasteiger partial charge in [-0.2, -0.15) is 9.97 Å². The third kappa shape index (κ3) is 5.60. The number of phenolic OH excluding ortho intramolecular Hbond substituents is 1. The standard InChI is InChI=1S/C34H35F2N5O3.C2H6/c1-4-23-26(35)9-8-21-15-22(42)16-24(28(21)23)30-29(36)31-25(17-37-30)32(41-13-14-43-20(2)18-41)39-33(38-31)44-19-34-10-5-7-27(34)40(3)12-6-11-34;1-2/h1,8-9,15-17,20,27,42H,5-7,10-14,18-19H2,2-3H3;1-2H3. The number of halogens is 2. The highest BCUT2D eigenvalue weighted by atomic mass is 19.1. The number of piperidine rings is 1. The fourth-order valence-electron chi connectivity index (χ4n) is 7.66. The number of nitrogens with zero attached hydrogens (tertiary/aromatic N) is 5. The molecule has 3 unspecified atom stereocenters. The second-order valence-corrected chi connectivity index (χ2v) is 12.4. The topological polar surface area (TPSA) is 83.8 Å². The molecule has 0 spiro atoms. The lowest BCUT2D eigenvalue weighted by molar-refractivity contribution is 0.0132. The monoisotopic (exact) mass is 629 g/mol. The first-order chi connectivity index (χ1) is 22.3. The number of aromatic nitrogens is 3. The van der Waals surface area contributed by atoms with Crippen molar-refractivity contribution in [2.24, 2.45) is 5.41 Å². The van der Waals surface area contributed by atoms with Crippen LogP contribution >= 0.6 is 0 Å². The first-order valence-electron chi connectivity index (χ1n) is 16.3. The normalized spacial score (nSPS) is 23.1. The van der Waals surface area contributed by atoms with E-state index >= 15 is 4.39 Å². The molecule has 1 aliphatic carbocycles. The number of pyridine rings is 1. The van der Waals surface area contributed by atoms with E-state index in [1.54, 1.807) is 0 Å². The second-order valence-electron chi connectivity index (χ2n) is 12.4. The molecule has 2 aromatic carbocycles. The Morgan fingerprint density at radius 3 is 2.74 bits per heavy atom. The minimum Gasteiger partial charge on any atom is -0.508 e. The molecule has 3 fully saturated rings. The number of benzene rings is 2. The summed E-state index contributed by atoms with van der Waals surface area (Å²) in [6.45, 7) is 9.15. The number of morpholine rings is 1. The molecule has 0 amide bonds. The van der Waals surface area contributed by atoms with Gasteiger partial charge in [-0.05, 0) is 69.8 Å². The summed E-state index contributed by atoms with van der Waals surface area (Å²) in [5, 5.41) is 11.7. The largest absolute Gasteiger partial charge is 0.508 e. The third-order valence-corrected chi connectivity index (χ3v) is 9.70. The zero-order chi connectivity index (χ0) is 32.6. The number of hydrogen-bond acceptors (Lipinski definition) is 8. The van der Waals surface area contributed by atoms with Gasteiger partial charge in [-0.3, -0.25) is 4.98 Å².